The highest BCUT2D eigenvalue weighted by Crippen LogP contribution is 2.31. The van der Waals surface area contributed by atoms with Gasteiger partial charge < -0.3 is 4.74 Å². The van der Waals surface area contributed by atoms with Crippen LogP contribution in [-0.2, 0) is 0 Å². The molecule has 0 radical (unpaired) electrons. The maximum atomic E-state index is 11.9. The predicted molar refractivity (Wildman–Crippen MR) is 78.1 cm³/mol. The van der Waals surface area contributed by atoms with Crippen molar-refractivity contribution in [3.8, 4) is 16.9 Å². The van der Waals surface area contributed by atoms with Gasteiger partial charge in [0.05, 0.1) is 7.11 Å². The third-order valence-corrected chi connectivity index (χ3v) is 3.12. The lowest BCUT2D eigenvalue weighted by atomic mass is 9.99. The Morgan fingerprint density at radius 2 is 1.89 bits per heavy atom. The Hall–Kier alpha value is -1.80. The zero-order valence-corrected chi connectivity index (χ0v) is 11.5. The number of alkyl halides is 1. The molecule has 0 atom stereocenters. The van der Waals surface area contributed by atoms with Gasteiger partial charge in [-0.1, -0.05) is 30.3 Å². The van der Waals surface area contributed by atoms with Crippen LogP contribution in [0.3, 0.4) is 0 Å². The van der Waals surface area contributed by atoms with Crippen LogP contribution in [0.1, 0.15) is 16.8 Å². The van der Waals surface area contributed by atoms with Crippen molar-refractivity contribution in [3.05, 3.63) is 54.1 Å². The van der Waals surface area contributed by atoms with Gasteiger partial charge in [-0.3, -0.25) is 4.79 Å². The molecule has 0 aliphatic carbocycles. The van der Waals surface area contributed by atoms with Crippen molar-refractivity contribution in [2.75, 3.05) is 13.0 Å². The van der Waals surface area contributed by atoms with E-state index in [1.807, 2.05) is 42.5 Å². The summed E-state index contributed by atoms with van der Waals surface area (Å²) in [4.78, 5) is 11.9. The summed E-state index contributed by atoms with van der Waals surface area (Å²) in [5, 5.41) is 0. The Morgan fingerprint density at radius 3 is 2.53 bits per heavy atom. The summed E-state index contributed by atoms with van der Waals surface area (Å²) in [6.45, 7) is 0. The highest BCUT2D eigenvalue weighted by molar-refractivity contribution is 6.19. The number of carbonyl (C=O) groups excluding carboxylic acids is 1. The maximum Gasteiger partial charge on any atom is 0.164 e. The summed E-state index contributed by atoms with van der Waals surface area (Å²) >= 11 is 5.62. The minimum Gasteiger partial charge on any atom is -0.496 e. The number of hydrogen-bond acceptors (Lipinski definition) is 2. The average Bonchev–Trinajstić information content (AvgIpc) is 2.47. The normalized spacial score (nSPS) is 10.2. The molecule has 0 aromatic heterocycles. The van der Waals surface area contributed by atoms with Gasteiger partial charge in [0.1, 0.15) is 5.75 Å². The van der Waals surface area contributed by atoms with E-state index in [9.17, 15) is 4.79 Å². The zero-order chi connectivity index (χ0) is 13.7. The van der Waals surface area contributed by atoms with Crippen LogP contribution in [-0.4, -0.2) is 18.8 Å². The molecule has 0 spiro atoms. The molecular formula is C16H15ClO2. The predicted octanol–water partition coefficient (Wildman–Crippen LogP) is 4.17. The summed E-state index contributed by atoms with van der Waals surface area (Å²) in [6, 6.07) is 15.3. The minimum absolute atomic E-state index is 0.0508. The van der Waals surface area contributed by atoms with Gasteiger partial charge in [-0.25, -0.2) is 0 Å². The Balaban J connectivity index is 2.46. The fourth-order valence-electron chi connectivity index (χ4n) is 1.95. The minimum atomic E-state index is 0.0508. The number of rotatable bonds is 5. The number of ketones is 1. The summed E-state index contributed by atoms with van der Waals surface area (Å²) < 4.78 is 5.36. The Bertz CT molecular complexity index is 564. The lowest BCUT2D eigenvalue weighted by Crippen LogP contribution is -2.00. The Kier molecular flexibility index (Phi) is 4.58. The van der Waals surface area contributed by atoms with Crippen LogP contribution in [0.4, 0.5) is 0 Å². The third kappa shape index (κ3) is 3.15. The number of Topliss-reactive ketones (excluding diaryl/α,β-unsaturated/α-hetero) is 1. The number of benzene rings is 2. The van der Waals surface area contributed by atoms with Crippen molar-refractivity contribution in [3.63, 3.8) is 0 Å². The van der Waals surface area contributed by atoms with Crippen molar-refractivity contribution in [1.82, 2.24) is 0 Å². The van der Waals surface area contributed by atoms with Crippen LogP contribution in [0.25, 0.3) is 11.1 Å². The van der Waals surface area contributed by atoms with Crippen LogP contribution in [0, 0.1) is 0 Å². The van der Waals surface area contributed by atoms with E-state index in [4.69, 9.17) is 16.3 Å². The van der Waals surface area contributed by atoms with Crippen molar-refractivity contribution >= 4 is 17.4 Å². The second-order valence-corrected chi connectivity index (χ2v) is 4.52. The van der Waals surface area contributed by atoms with E-state index < -0.39 is 0 Å². The summed E-state index contributed by atoms with van der Waals surface area (Å²) in [6.07, 6.45) is 0.349. The molecular weight excluding hydrogens is 260 g/mol. The molecule has 0 heterocycles. The highest BCUT2D eigenvalue weighted by atomic mass is 35.5. The zero-order valence-electron chi connectivity index (χ0n) is 10.7. The second-order valence-electron chi connectivity index (χ2n) is 4.14. The molecule has 0 saturated carbocycles. The number of methoxy groups -OCH3 is 1. The van der Waals surface area contributed by atoms with Crippen molar-refractivity contribution < 1.29 is 9.53 Å². The fourth-order valence-corrected chi connectivity index (χ4v) is 2.13. The fraction of sp³-hybridized carbons (Fsp3) is 0.188. The van der Waals surface area contributed by atoms with E-state index in [1.165, 1.54) is 0 Å². The molecule has 2 aromatic rings. The standard InChI is InChI=1S/C16H15ClO2/c1-19-16-8-7-13(15(18)9-10-17)11-14(16)12-5-3-2-4-6-12/h2-8,11H,9-10H2,1H3. The van der Waals surface area contributed by atoms with Crippen LogP contribution in [0.15, 0.2) is 48.5 Å². The first kappa shape index (κ1) is 13.6. The smallest absolute Gasteiger partial charge is 0.164 e. The molecule has 98 valence electrons. The molecule has 0 aliphatic heterocycles. The monoisotopic (exact) mass is 274 g/mol. The molecule has 0 saturated heterocycles. The molecule has 0 aliphatic rings. The Labute approximate surface area is 118 Å². The van der Waals surface area contributed by atoms with E-state index >= 15 is 0 Å². The summed E-state index contributed by atoms with van der Waals surface area (Å²) in [7, 11) is 1.63. The van der Waals surface area contributed by atoms with Gasteiger partial charge in [-0.2, -0.15) is 0 Å². The lowest BCUT2D eigenvalue weighted by Gasteiger charge is -2.10. The molecule has 19 heavy (non-hydrogen) atoms. The second kappa shape index (κ2) is 6.39. The van der Waals surface area contributed by atoms with Gasteiger partial charge in [-0.05, 0) is 23.8 Å². The first-order chi connectivity index (χ1) is 9.26. The van der Waals surface area contributed by atoms with Crippen molar-refractivity contribution in [2.45, 2.75) is 6.42 Å². The molecule has 2 rings (SSSR count). The highest BCUT2D eigenvalue weighted by Gasteiger charge is 2.11. The molecule has 2 nitrogen and oxygen atoms in total. The third-order valence-electron chi connectivity index (χ3n) is 2.93. The van der Waals surface area contributed by atoms with Crippen molar-refractivity contribution in [2.24, 2.45) is 0 Å². The molecule has 0 unspecified atom stereocenters. The molecule has 3 heteroatoms. The van der Waals surface area contributed by atoms with E-state index in [2.05, 4.69) is 0 Å². The van der Waals surface area contributed by atoms with Crippen LogP contribution >= 0.6 is 11.6 Å². The van der Waals surface area contributed by atoms with Gasteiger partial charge in [0, 0.05) is 23.4 Å². The van der Waals surface area contributed by atoms with E-state index in [1.54, 1.807) is 13.2 Å². The van der Waals surface area contributed by atoms with Gasteiger partial charge in [0.2, 0.25) is 0 Å². The first-order valence-electron chi connectivity index (χ1n) is 6.09. The number of ether oxygens (including phenoxy) is 1. The van der Waals surface area contributed by atoms with Crippen molar-refractivity contribution in [1.29, 1.82) is 0 Å². The van der Waals surface area contributed by atoms with Gasteiger partial charge in [0.25, 0.3) is 0 Å². The van der Waals surface area contributed by atoms with E-state index in [0.717, 1.165) is 16.9 Å². The summed E-state index contributed by atoms with van der Waals surface area (Å²) in [5.74, 6) is 1.15. The van der Waals surface area contributed by atoms with Crippen LogP contribution in [0.5, 0.6) is 5.75 Å². The van der Waals surface area contributed by atoms with Crippen LogP contribution < -0.4 is 4.74 Å². The topological polar surface area (TPSA) is 26.3 Å². The largest absolute Gasteiger partial charge is 0.496 e. The molecule has 0 fully saturated rings. The SMILES string of the molecule is COc1ccc(C(=O)CCCl)cc1-c1ccccc1. The quantitative estimate of drug-likeness (QED) is 0.604. The summed E-state index contributed by atoms with van der Waals surface area (Å²) in [5.41, 5.74) is 2.61. The molecule has 0 bridgehead atoms. The lowest BCUT2D eigenvalue weighted by molar-refractivity contribution is 0.0989. The number of carbonyl (C=O) groups is 1. The number of halogens is 1. The van der Waals surface area contributed by atoms with Gasteiger partial charge >= 0.3 is 0 Å². The van der Waals surface area contributed by atoms with E-state index in [0.29, 0.717) is 17.9 Å². The molecule has 0 N–H and O–H groups in total. The van der Waals surface area contributed by atoms with E-state index in [-0.39, 0.29) is 5.78 Å². The van der Waals surface area contributed by atoms with Gasteiger partial charge in [-0.15, -0.1) is 11.6 Å². The van der Waals surface area contributed by atoms with Gasteiger partial charge in [0.15, 0.2) is 5.78 Å². The molecule has 0 amide bonds. The Morgan fingerprint density at radius 1 is 1.16 bits per heavy atom. The maximum absolute atomic E-state index is 11.9. The van der Waals surface area contributed by atoms with Crippen LogP contribution in [0.2, 0.25) is 0 Å². The molecule has 2 aromatic carbocycles. The first-order valence-corrected chi connectivity index (χ1v) is 6.62. The number of hydrogen-bond donors (Lipinski definition) is 0. The average molecular weight is 275 g/mol.